The first-order valence-corrected chi connectivity index (χ1v) is 8.81. The molecule has 0 unspecified atom stereocenters. The van der Waals surface area contributed by atoms with Crippen molar-refractivity contribution in [3.05, 3.63) is 53.9 Å². The van der Waals surface area contributed by atoms with Gasteiger partial charge in [0.1, 0.15) is 0 Å². The zero-order valence-corrected chi connectivity index (χ0v) is 14.4. The summed E-state index contributed by atoms with van der Waals surface area (Å²) in [7, 11) is 0. The van der Waals surface area contributed by atoms with E-state index in [-0.39, 0.29) is 25.3 Å². The molecular weight excluding hydrogens is 343 g/mol. The van der Waals surface area contributed by atoms with E-state index in [1.165, 1.54) is 0 Å². The molecule has 4 nitrogen and oxygen atoms in total. The lowest BCUT2D eigenvalue weighted by atomic mass is 9.80. The molecule has 0 radical (unpaired) electrons. The van der Waals surface area contributed by atoms with Gasteiger partial charge in [0.2, 0.25) is 5.91 Å². The van der Waals surface area contributed by atoms with Gasteiger partial charge in [0, 0.05) is 24.2 Å². The molecule has 1 aromatic heterocycles. The highest BCUT2D eigenvalue weighted by Gasteiger charge is 2.43. The number of rotatable bonds is 5. The van der Waals surface area contributed by atoms with Gasteiger partial charge in [-0.3, -0.25) is 9.48 Å². The van der Waals surface area contributed by atoms with Crippen molar-refractivity contribution in [3.63, 3.8) is 0 Å². The standard InChI is InChI=1S/C19H22F3N3O/c20-19(21,22)17-8-4-7-16(9-17)18(26)23-10-15-11-24-25(13-15)12-14-5-2-1-3-6-14/h1-3,5-6,11,13,16-17H,4,7-10,12H2,(H,23,26)/t16-,17+/m1/s1. The molecule has 1 amide bonds. The summed E-state index contributed by atoms with van der Waals surface area (Å²) in [6.07, 6.45) is 0.276. The molecule has 1 aliphatic carbocycles. The van der Waals surface area contributed by atoms with Crippen LogP contribution in [0.1, 0.15) is 36.8 Å². The van der Waals surface area contributed by atoms with Crippen molar-refractivity contribution < 1.29 is 18.0 Å². The van der Waals surface area contributed by atoms with E-state index in [1.807, 2.05) is 36.5 Å². The number of aromatic nitrogens is 2. The number of halogens is 3. The third kappa shape index (κ3) is 4.86. The fourth-order valence-electron chi connectivity index (χ4n) is 3.41. The van der Waals surface area contributed by atoms with Crippen LogP contribution in [-0.4, -0.2) is 21.9 Å². The molecule has 0 aliphatic heterocycles. The number of hydrogen-bond donors (Lipinski definition) is 1. The van der Waals surface area contributed by atoms with Crippen molar-refractivity contribution >= 4 is 5.91 Å². The molecule has 7 heteroatoms. The molecular formula is C19H22F3N3O. The molecule has 0 saturated heterocycles. The Morgan fingerprint density at radius 2 is 1.96 bits per heavy atom. The zero-order valence-electron chi connectivity index (χ0n) is 14.4. The van der Waals surface area contributed by atoms with Crippen LogP contribution in [0.2, 0.25) is 0 Å². The number of alkyl halides is 3. The molecule has 0 spiro atoms. The van der Waals surface area contributed by atoms with Crippen LogP contribution in [0.3, 0.4) is 0 Å². The van der Waals surface area contributed by atoms with Crippen LogP contribution >= 0.6 is 0 Å². The summed E-state index contributed by atoms with van der Waals surface area (Å²) < 4.78 is 40.4. The molecule has 1 heterocycles. The molecule has 3 rings (SSSR count). The molecule has 1 aliphatic rings. The lowest BCUT2D eigenvalue weighted by Crippen LogP contribution is -2.37. The van der Waals surface area contributed by atoms with E-state index >= 15 is 0 Å². The number of carbonyl (C=O) groups is 1. The van der Waals surface area contributed by atoms with Gasteiger partial charge in [-0.2, -0.15) is 18.3 Å². The van der Waals surface area contributed by atoms with Crippen LogP contribution in [0.15, 0.2) is 42.7 Å². The molecule has 1 N–H and O–H groups in total. The first-order chi connectivity index (χ1) is 12.4. The quantitative estimate of drug-likeness (QED) is 0.873. The number of amides is 1. The Morgan fingerprint density at radius 1 is 1.19 bits per heavy atom. The minimum Gasteiger partial charge on any atom is -0.352 e. The van der Waals surface area contributed by atoms with Crippen LogP contribution in [-0.2, 0) is 17.9 Å². The predicted molar refractivity (Wildman–Crippen MR) is 91.1 cm³/mol. The van der Waals surface area contributed by atoms with Crippen molar-refractivity contribution in [2.75, 3.05) is 0 Å². The van der Waals surface area contributed by atoms with Crippen molar-refractivity contribution in [2.24, 2.45) is 11.8 Å². The molecule has 1 saturated carbocycles. The molecule has 2 atom stereocenters. The summed E-state index contributed by atoms with van der Waals surface area (Å²) in [4.78, 5) is 12.2. The van der Waals surface area contributed by atoms with Gasteiger partial charge in [0.05, 0.1) is 18.7 Å². The smallest absolute Gasteiger partial charge is 0.352 e. The molecule has 0 bridgehead atoms. The lowest BCUT2D eigenvalue weighted by Gasteiger charge is -2.29. The van der Waals surface area contributed by atoms with E-state index in [2.05, 4.69) is 10.4 Å². The van der Waals surface area contributed by atoms with Gasteiger partial charge in [-0.25, -0.2) is 0 Å². The van der Waals surface area contributed by atoms with Crippen LogP contribution < -0.4 is 5.32 Å². The Labute approximate surface area is 150 Å². The van der Waals surface area contributed by atoms with E-state index in [9.17, 15) is 18.0 Å². The van der Waals surface area contributed by atoms with Crippen molar-refractivity contribution in [1.29, 1.82) is 0 Å². The number of nitrogens with one attached hydrogen (secondary N) is 1. The first-order valence-electron chi connectivity index (χ1n) is 8.81. The predicted octanol–water partition coefficient (Wildman–Crippen LogP) is 3.92. The summed E-state index contributed by atoms with van der Waals surface area (Å²) in [6, 6.07) is 9.87. The van der Waals surface area contributed by atoms with E-state index in [0.717, 1.165) is 11.1 Å². The highest BCUT2D eigenvalue weighted by molar-refractivity contribution is 5.78. The molecule has 140 valence electrons. The number of hydrogen-bond acceptors (Lipinski definition) is 2. The minimum absolute atomic E-state index is 0.109. The van der Waals surface area contributed by atoms with E-state index < -0.39 is 18.0 Å². The number of nitrogens with zero attached hydrogens (tertiary/aromatic N) is 2. The van der Waals surface area contributed by atoms with Gasteiger partial charge < -0.3 is 5.32 Å². The number of carbonyl (C=O) groups excluding carboxylic acids is 1. The monoisotopic (exact) mass is 365 g/mol. The van der Waals surface area contributed by atoms with Gasteiger partial charge in [0.25, 0.3) is 0 Å². The highest BCUT2D eigenvalue weighted by atomic mass is 19.4. The minimum atomic E-state index is -4.21. The topological polar surface area (TPSA) is 46.9 Å². The summed E-state index contributed by atoms with van der Waals surface area (Å²) >= 11 is 0. The molecule has 2 aromatic rings. The lowest BCUT2D eigenvalue weighted by molar-refractivity contribution is -0.186. The maximum absolute atomic E-state index is 12.9. The highest BCUT2D eigenvalue weighted by Crippen LogP contribution is 2.39. The number of benzene rings is 1. The first kappa shape index (κ1) is 18.5. The van der Waals surface area contributed by atoms with Crippen molar-refractivity contribution in [1.82, 2.24) is 15.1 Å². The molecule has 1 fully saturated rings. The maximum Gasteiger partial charge on any atom is 0.391 e. The molecule has 1 aromatic carbocycles. The molecule has 26 heavy (non-hydrogen) atoms. The second-order valence-corrected chi connectivity index (χ2v) is 6.85. The van der Waals surface area contributed by atoms with Crippen LogP contribution in [0.4, 0.5) is 13.2 Å². The van der Waals surface area contributed by atoms with Crippen molar-refractivity contribution in [2.45, 2.75) is 44.9 Å². The summed E-state index contributed by atoms with van der Waals surface area (Å²) in [5.41, 5.74) is 1.95. The van der Waals surface area contributed by atoms with Gasteiger partial charge in [-0.1, -0.05) is 36.8 Å². The van der Waals surface area contributed by atoms with Crippen LogP contribution in [0, 0.1) is 11.8 Å². The van der Waals surface area contributed by atoms with Gasteiger partial charge in [-0.15, -0.1) is 0 Å². The Bertz CT molecular complexity index is 727. The maximum atomic E-state index is 12.9. The summed E-state index contributed by atoms with van der Waals surface area (Å²) in [5, 5.41) is 7.02. The second-order valence-electron chi connectivity index (χ2n) is 6.85. The fraction of sp³-hybridized carbons (Fsp3) is 0.474. The van der Waals surface area contributed by atoms with Crippen molar-refractivity contribution in [3.8, 4) is 0 Å². The Morgan fingerprint density at radius 3 is 2.69 bits per heavy atom. The average Bonchev–Trinajstić information content (AvgIpc) is 3.07. The third-order valence-corrected chi connectivity index (χ3v) is 4.85. The largest absolute Gasteiger partial charge is 0.391 e. The second kappa shape index (κ2) is 7.93. The van der Waals surface area contributed by atoms with Gasteiger partial charge >= 0.3 is 6.18 Å². The van der Waals surface area contributed by atoms with E-state index in [4.69, 9.17) is 0 Å². The fourth-order valence-corrected chi connectivity index (χ4v) is 3.41. The summed E-state index contributed by atoms with van der Waals surface area (Å²) in [5.74, 6) is -2.22. The Hall–Kier alpha value is -2.31. The van der Waals surface area contributed by atoms with Gasteiger partial charge in [-0.05, 0) is 24.8 Å². The summed E-state index contributed by atoms with van der Waals surface area (Å²) in [6.45, 7) is 0.908. The van der Waals surface area contributed by atoms with Crippen LogP contribution in [0.25, 0.3) is 0 Å². The Kier molecular flexibility index (Phi) is 5.64. The normalized spacial score (nSPS) is 20.7. The van der Waals surface area contributed by atoms with Gasteiger partial charge in [0.15, 0.2) is 0 Å². The SMILES string of the molecule is O=C(NCc1cnn(Cc2ccccc2)c1)[C@@H]1CCC[C@H](C(F)(F)F)C1. The van der Waals surface area contributed by atoms with E-state index in [1.54, 1.807) is 10.9 Å². The average molecular weight is 365 g/mol. The third-order valence-electron chi connectivity index (χ3n) is 4.85. The Balaban J connectivity index is 1.50. The zero-order chi connectivity index (χ0) is 18.6. The van der Waals surface area contributed by atoms with Crippen LogP contribution in [0.5, 0.6) is 0 Å². The van der Waals surface area contributed by atoms with E-state index in [0.29, 0.717) is 19.4 Å².